The molecule has 27 heavy (non-hydrogen) atoms. The van der Waals surface area contributed by atoms with Gasteiger partial charge in [-0.25, -0.2) is 9.78 Å². The molecule has 1 saturated heterocycles. The summed E-state index contributed by atoms with van der Waals surface area (Å²) < 4.78 is 15.8. The molecule has 1 aliphatic heterocycles. The van der Waals surface area contributed by atoms with E-state index in [0.717, 1.165) is 29.5 Å². The molecular weight excluding hydrogens is 370 g/mol. The Morgan fingerprint density at radius 3 is 2.59 bits per heavy atom. The van der Waals surface area contributed by atoms with Gasteiger partial charge in [0.2, 0.25) is 5.88 Å². The lowest BCUT2D eigenvalue weighted by atomic mass is 9.89. The zero-order valence-electron chi connectivity index (χ0n) is 16.0. The van der Waals surface area contributed by atoms with E-state index in [1.165, 1.54) is 6.26 Å². The lowest BCUT2D eigenvalue weighted by molar-refractivity contribution is 0.0204. The minimum atomic E-state index is -0.495. The molecule has 1 fully saturated rings. The first-order valence-corrected chi connectivity index (χ1v) is 9.28. The highest BCUT2D eigenvalue weighted by molar-refractivity contribution is 6.32. The Morgan fingerprint density at radius 1 is 1.33 bits per heavy atom. The van der Waals surface area contributed by atoms with Crippen LogP contribution in [0.2, 0.25) is 5.15 Å². The summed E-state index contributed by atoms with van der Waals surface area (Å²) in [7, 11) is 1.58. The van der Waals surface area contributed by atoms with Crippen LogP contribution in [-0.4, -0.2) is 46.9 Å². The number of amides is 1. The number of aromatic nitrogens is 2. The van der Waals surface area contributed by atoms with Crippen LogP contribution in [0.4, 0.5) is 4.79 Å². The number of halogens is 1. The minimum Gasteiger partial charge on any atom is -0.481 e. The lowest BCUT2D eigenvalue weighted by Crippen LogP contribution is -2.41. The number of rotatable bonds is 3. The molecule has 1 amide bonds. The van der Waals surface area contributed by atoms with Gasteiger partial charge in [0.1, 0.15) is 17.0 Å². The summed E-state index contributed by atoms with van der Waals surface area (Å²) in [5, 5.41) is 4.07. The predicted octanol–water partition coefficient (Wildman–Crippen LogP) is 4.51. The number of hydrogen-bond donors (Lipinski definition) is 0. The smallest absolute Gasteiger partial charge is 0.410 e. The molecule has 1 aliphatic rings. The van der Waals surface area contributed by atoms with Gasteiger partial charge in [-0.15, -0.1) is 0 Å². The number of piperidine rings is 1. The van der Waals surface area contributed by atoms with E-state index in [1.54, 1.807) is 18.2 Å². The number of carbonyl (C=O) groups is 1. The molecule has 0 atom stereocenters. The van der Waals surface area contributed by atoms with Gasteiger partial charge in [0.15, 0.2) is 0 Å². The van der Waals surface area contributed by atoms with Gasteiger partial charge in [0.25, 0.3) is 0 Å². The van der Waals surface area contributed by atoms with E-state index in [9.17, 15) is 4.79 Å². The third-order valence-corrected chi connectivity index (χ3v) is 4.78. The van der Waals surface area contributed by atoms with Crippen molar-refractivity contribution in [2.75, 3.05) is 20.2 Å². The van der Waals surface area contributed by atoms with Crippen LogP contribution in [-0.2, 0) is 4.74 Å². The van der Waals surface area contributed by atoms with Gasteiger partial charge < -0.3 is 18.9 Å². The van der Waals surface area contributed by atoms with Crippen LogP contribution in [0.1, 0.15) is 45.1 Å². The number of nitrogens with zero attached hydrogens (tertiary/aromatic N) is 3. The Balaban J connectivity index is 1.77. The average Bonchev–Trinajstić information content (AvgIpc) is 3.14. The van der Waals surface area contributed by atoms with Crippen molar-refractivity contribution >= 4 is 17.7 Å². The van der Waals surface area contributed by atoms with E-state index in [1.807, 2.05) is 26.8 Å². The first-order valence-electron chi connectivity index (χ1n) is 8.90. The largest absolute Gasteiger partial charge is 0.481 e. The van der Waals surface area contributed by atoms with E-state index in [0.29, 0.717) is 24.1 Å². The second-order valence-electron chi connectivity index (χ2n) is 7.58. The Morgan fingerprint density at radius 2 is 2.04 bits per heavy atom. The molecule has 146 valence electrons. The summed E-state index contributed by atoms with van der Waals surface area (Å²) >= 11 is 6.31. The molecule has 8 heteroatoms. The molecule has 0 saturated carbocycles. The Labute approximate surface area is 163 Å². The summed E-state index contributed by atoms with van der Waals surface area (Å²) in [6.45, 7) is 6.85. The number of likely N-dealkylation sites (tertiary alicyclic amines) is 1. The summed E-state index contributed by atoms with van der Waals surface area (Å²) in [4.78, 5) is 18.4. The highest BCUT2D eigenvalue weighted by atomic mass is 35.5. The molecule has 0 bridgehead atoms. The van der Waals surface area contributed by atoms with Crippen molar-refractivity contribution in [3.05, 3.63) is 29.2 Å². The fourth-order valence-corrected chi connectivity index (χ4v) is 3.43. The van der Waals surface area contributed by atoms with Gasteiger partial charge in [0.05, 0.1) is 13.3 Å². The number of hydrogen-bond acceptors (Lipinski definition) is 6. The van der Waals surface area contributed by atoms with Crippen molar-refractivity contribution in [1.29, 1.82) is 0 Å². The number of ether oxygens (including phenoxy) is 2. The van der Waals surface area contributed by atoms with Gasteiger partial charge in [-0.1, -0.05) is 16.8 Å². The van der Waals surface area contributed by atoms with E-state index < -0.39 is 5.60 Å². The van der Waals surface area contributed by atoms with E-state index in [2.05, 4.69) is 10.1 Å². The predicted molar refractivity (Wildman–Crippen MR) is 101 cm³/mol. The molecule has 0 aliphatic carbocycles. The first-order chi connectivity index (χ1) is 12.8. The van der Waals surface area contributed by atoms with Crippen molar-refractivity contribution < 1.29 is 18.8 Å². The number of carbonyl (C=O) groups excluding carboxylic acids is 1. The van der Waals surface area contributed by atoms with Crippen LogP contribution in [0.25, 0.3) is 11.1 Å². The van der Waals surface area contributed by atoms with Crippen LogP contribution < -0.4 is 4.74 Å². The summed E-state index contributed by atoms with van der Waals surface area (Å²) in [5.74, 6) is 0.720. The van der Waals surface area contributed by atoms with Crippen molar-refractivity contribution in [2.24, 2.45) is 0 Å². The highest BCUT2D eigenvalue weighted by Gasteiger charge is 2.29. The Kier molecular flexibility index (Phi) is 5.60. The maximum Gasteiger partial charge on any atom is 0.410 e. The van der Waals surface area contributed by atoms with Gasteiger partial charge in [-0.05, 0) is 45.6 Å². The minimum absolute atomic E-state index is 0.210. The molecule has 3 rings (SSSR count). The molecule has 2 aromatic heterocycles. The number of methoxy groups -OCH3 is 1. The summed E-state index contributed by atoms with van der Waals surface area (Å²) in [6.07, 6.45) is 4.45. The third kappa shape index (κ3) is 4.53. The van der Waals surface area contributed by atoms with E-state index in [4.69, 9.17) is 25.6 Å². The zero-order chi connectivity index (χ0) is 19.6. The number of pyridine rings is 1. The van der Waals surface area contributed by atoms with Crippen LogP contribution in [0.15, 0.2) is 23.0 Å². The van der Waals surface area contributed by atoms with Crippen molar-refractivity contribution in [3.8, 4) is 17.0 Å². The lowest BCUT2D eigenvalue weighted by Gasteiger charge is -2.34. The SMILES string of the molecule is COc1nc(Cl)c(-c2cnoc2)cc1C1CCN(C(=O)OC(C)(C)C)CC1. The van der Waals surface area contributed by atoms with E-state index >= 15 is 0 Å². The second kappa shape index (κ2) is 7.76. The summed E-state index contributed by atoms with van der Waals surface area (Å²) in [6, 6.07) is 1.98. The molecule has 0 unspecified atom stereocenters. The van der Waals surface area contributed by atoms with Gasteiger partial charge in [-0.2, -0.15) is 0 Å². The fourth-order valence-electron chi connectivity index (χ4n) is 3.19. The topological polar surface area (TPSA) is 77.7 Å². The molecule has 0 radical (unpaired) electrons. The van der Waals surface area contributed by atoms with Crippen LogP contribution >= 0.6 is 11.6 Å². The maximum absolute atomic E-state index is 12.3. The van der Waals surface area contributed by atoms with Gasteiger partial charge in [-0.3, -0.25) is 0 Å². The third-order valence-electron chi connectivity index (χ3n) is 4.49. The van der Waals surface area contributed by atoms with Crippen LogP contribution in [0.3, 0.4) is 0 Å². The molecule has 2 aromatic rings. The zero-order valence-corrected chi connectivity index (χ0v) is 16.7. The maximum atomic E-state index is 12.3. The average molecular weight is 394 g/mol. The normalized spacial score (nSPS) is 15.7. The van der Waals surface area contributed by atoms with Crippen molar-refractivity contribution in [3.63, 3.8) is 0 Å². The second-order valence-corrected chi connectivity index (χ2v) is 7.94. The molecule has 7 nitrogen and oxygen atoms in total. The quantitative estimate of drug-likeness (QED) is 0.714. The summed E-state index contributed by atoms with van der Waals surface area (Å²) in [5.41, 5.74) is 2.00. The molecule has 0 spiro atoms. The Hall–Kier alpha value is -2.28. The highest BCUT2D eigenvalue weighted by Crippen LogP contribution is 2.38. The van der Waals surface area contributed by atoms with E-state index in [-0.39, 0.29) is 12.0 Å². The molecule has 0 aromatic carbocycles. The van der Waals surface area contributed by atoms with Crippen molar-refractivity contribution in [2.45, 2.75) is 45.1 Å². The van der Waals surface area contributed by atoms with Gasteiger partial charge in [0, 0.05) is 29.8 Å². The molecule has 0 N–H and O–H groups in total. The van der Waals surface area contributed by atoms with Crippen LogP contribution in [0.5, 0.6) is 5.88 Å². The monoisotopic (exact) mass is 393 g/mol. The molecule has 3 heterocycles. The standard InChI is InChI=1S/C19H24ClN3O4/c1-19(2,3)27-18(24)23-7-5-12(6-8-23)15-9-14(13-10-21-26-11-13)16(20)22-17(15)25-4/h9-12H,5-8H2,1-4H3. The van der Waals surface area contributed by atoms with Crippen molar-refractivity contribution in [1.82, 2.24) is 15.0 Å². The van der Waals surface area contributed by atoms with Crippen LogP contribution in [0, 0.1) is 0 Å². The first kappa shape index (κ1) is 19.5. The molecular formula is C19H24ClN3O4. The fraction of sp³-hybridized carbons (Fsp3) is 0.526. The van der Waals surface area contributed by atoms with Gasteiger partial charge >= 0.3 is 6.09 Å². The Bertz CT molecular complexity index is 794.